The molecule has 0 aliphatic heterocycles. The van der Waals surface area contributed by atoms with Gasteiger partial charge >= 0.3 is 5.97 Å². The van der Waals surface area contributed by atoms with Gasteiger partial charge in [0.1, 0.15) is 5.01 Å². The van der Waals surface area contributed by atoms with Gasteiger partial charge in [0.15, 0.2) is 5.69 Å². The van der Waals surface area contributed by atoms with Crippen LogP contribution in [0.4, 0.5) is 0 Å². The Balaban J connectivity index is 1.67. The number of nitrogens with one attached hydrogen (secondary N) is 1. The normalized spacial score (nSPS) is 10.4. The molecule has 0 bridgehead atoms. The minimum atomic E-state index is -1.05. The van der Waals surface area contributed by atoms with Crippen molar-refractivity contribution in [3.8, 4) is 0 Å². The highest BCUT2D eigenvalue weighted by Gasteiger charge is 2.09. The molecule has 7 heteroatoms. The van der Waals surface area contributed by atoms with Crippen LogP contribution in [0.15, 0.2) is 22.9 Å². The standard InChI is InChI=1S/C13H14N2O3S2/c16-11(5-1-3-9-4-2-6-19-9)14-7-12-15-10(8-20-12)13(17)18/h2,4,6,8H,1,3,5,7H2,(H,14,16)(H,17,18). The van der Waals surface area contributed by atoms with Gasteiger partial charge in [-0.3, -0.25) is 4.79 Å². The largest absolute Gasteiger partial charge is 0.476 e. The molecule has 2 aromatic rings. The predicted molar refractivity (Wildman–Crippen MR) is 78.2 cm³/mol. The maximum absolute atomic E-state index is 11.6. The van der Waals surface area contributed by atoms with Crippen molar-refractivity contribution in [2.45, 2.75) is 25.8 Å². The smallest absolute Gasteiger partial charge is 0.355 e. The lowest BCUT2D eigenvalue weighted by atomic mass is 10.2. The fraction of sp³-hybridized carbons (Fsp3) is 0.308. The van der Waals surface area contributed by atoms with Crippen molar-refractivity contribution in [2.75, 3.05) is 0 Å². The van der Waals surface area contributed by atoms with E-state index in [-0.39, 0.29) is 18.1 Å². The molecule has 5 nitrogen and oxygen atoms in total. The first-order chi connectivity index (χ1) is 9.65. The third kappa shape index (κ3) is 4.43. The maximum atomic E-state index is 11.6. The van der Waals surface area contributed by atoms with Crippen LogP contribution in [0.1, 0.15) is 33.2 Å². The van der Waals surface area contributed by atoms with E-state index in [1.807, 2.05) is 11.4 Å². The SMILES string of the molecule is O=C(CCCc1cccs1)NCc1nc(C(=O)O)cs1. The lowest BCUT2D eigenvalue weighted by Crippen LogP contribution is -2.22. The molecule has 0 aliphatic rings. The van der Waals surface area contributed by atoms with Crippen LogP contribution in [0.5, 0.6) is 0 Å². The molecular formula is C13H14N2O3S2. The Hall–Kier alpha value is -1.73. The third-order valence-corrected chi connectivity index (χ3v) is 4.40. The Morgan fingerprint density at radius 2 is 2.20 bits per heavy atom. The van der Waals surface area contributed by atoms with Crippen LogP contribution in [0, 0.1) is 0 Å². The molecule has 0 saturated heterocycles. The van der Waals surface area contributed by atoms with Crippen molar-refractivity contribution in [1.82, 2.24) is 10.3 Å². The third-order valence-electron chi connectivity index (χ3n) is 2.61. The van der Waals surface area contributed by atoms with E-state index in [1.54, 1.807) is 11.3 Å². The van der Waals surface area contributed by atoms with Crippen molar-refractivity contribution in [1.29, 1.82) is 0 Å². The predicted octanol–water partition coefficient (Wildman–Crippen LogP) is 2.54. The molecule has 0 unspecified atom stereocenters. The van der Waals surface area contributed by atoms with Gasteiger partial charge in [-0.05, 0) is 24.3 Å². The molecule has 0 atom stereocenters. The molecule has 106 valence electrons. The van der Waals surface area contributed by atoms with E-state index < -0.39 is 5.97 Å². The summed E-state index contributed by atoms with van der Waals surface area (Å²) in [4.78, 5) is 27.5. The van der Waals surface area contributed by atoms with E-state index in [0.29, 0.717) is 11.4 Å². The number of rotatable bonds is 7. The first kappa shape index (κ1) is 14.7. The Morgan fingerprint density at radius 1 is 1.35 bits per heavy atom. The Morgan fingerprint density at radius 3 is 2.85 bits per heavy atom. The van der Waals surface area contributed by atoms with Gasteiger partial charge in [0.2, 0.25) is 5.91 Å². The zero-order chi connectivity index (χ0) is 14.4. The molecule has 0 fully saturated rings. The Kier molecular flexibility index (Phi) is 5.25. The molecule has 0 aliphatic carbocycles. The Labute approximate surface area is 124 Å². The van der Waals surface area contributed by atoms with E-state index >= 15 is 0 Å². The highest BCUT2D eigenvalue weighted by atomic mass is 32.1. The summed E-state index contributed by atoms with van der Waals surface area (Å²) in [6, 6.07) is 4.06. The fourth-order valence-electron chi connectivity index (χ4n) is 1.63. The number of thiazole rings is 1. The molecule has 0 saturated carbocycles. The van der Waals surface area contributed by atoms with Crippen molar-refractivity contribution in [3.63, 3.8) is 0 Å². The topological polar surface area (TPSA) is 79.3 Å². The van der Waals surface area contributed by atoms with Gasteiger partial charge in [0, 0.05) is 16.7 Å². The zero-order valence-electron chi connectivity index (χ0n) is 10.7. The highest BCUT2D eigenvalue weighted by molar-refractivity contribution is 7.10. The van der Waals surface area contributed by atoms with Crippen LogP contribution in [0.25, 0.3) is 0 Å². The molecule has 1 amide bonds. The average molecular weight is 310 g/mol. The number of carboxylic acids is 1. The van der Waals surface area contributed by atoms with Crippen LogP contribution in [0.2, 0.25) is 0 Å². The second-order valence-corrected chi connectivity index (χ2v) is 6.12. The summed E-state index contributed by atoms with van der Waals surface area (Å²) < 4.78 is 0. The lowest BCUT2D eigenvalue weighted by Gasteiger charge is -2.02. The minimum absolute atomic E-state index is 0.0249. The van der Waals surface area contributed by atoms with Crippen LogP contribution < -0.4 is 5.32 Å². The van der Waals surface area contributed by atoms with Gasteiger partial charge in [-0.2, -0.15) is 0 Å². The highest BCUT2D eigenvalue weighted by Crippen LogP contribution is 2.12. The quantitative estimate of drug-likeness (QED) is 0.823. The van der Waals surface area contributed by atoms with Crippen molar-refractivity contribution < 1.29 is 14.7 Å². The number of carboxylic acid groups (broad SMARTS) is 1. The van der Waals surface area contributed by atoms with Crippen molar-refractivity contribution in [2.24, 2.45) is 0 Å². The molecule has 2 rings (SSSR count). The van der Waals surface area contributed by atoms with Gasteiger partial charge in [-0.15, -0.1) is 22.7 Å². The number of amides is 1. The molecule has 2 N–H and O–H groups in total. The zero-order valence-corrected chi connectivity index (χ0v) is 12.3. The summed E-state index contributed by atoms with van der Waals surface area (Å²) in [6.07, 6.45) is 2.19. The maximum Gasteiger partial charge on any atom is 0.355 e. The Bertz CT molecular complexity index is 578. The average Bonchev–Trinajstić information content (AvgIpc) is 3.07. The summed E-state index contributed by atoms with van der Waals surface area (Å²) in [5.41, 5.74) is 0.0249. The van der Waals surface area contributed by atoms with Crippen molar-refractivity contribution in [3.05, 3.63) is 38.5 Å². The summed E-state index contributed by atoms with van der Waals surface area (Å²) in [5.74, 6) is -1.08. The second kappa shape index (κ2) is 7.16. The second-order valence-electron chi connectivity index (χ2n) is 4.14. The fourth-order valence-corrected chi connectivity index (χ4v) is 3.09. The number of hydrogen-bond acceptors (Lipinski definition) is 5. The van der Waals surface area contributed by atoms with Gasteiger partial charge in [0.25, 0.3) is 0 Å². The van der Waals surface area contributed by atoms with Gasteiger partial charge in [-0.25, -0.2) is 9.78 Å². The molecule has 0 radical (unpaired) electrons. The summed E-state index contributed by atoms with van der Waals surface area (Å²) in [5, 5.41) is 15.6. The molecule has 20 heavy (non-hydrogen) atoms. The van der Waals surface area contributed by atoms with Crippen LogP contribution in [0.3, 0.4) is 0 Å². The first-order valence-corrected chi connectivity index (χ1v) is 7.88. The molecule has 2 heterocycles. The molecule has 0 aromatic carbocycles. The number of carbonyl (C=O) groups excluding carboxylic acids is 1. The van der Waals surface area contributed by atoms with E-state index in [9.17, 15) is 9.59 Å². The van der Waals surface area contributed by atoms with Gasteiger partial charge in [-0.1, -0.05) is 6.07 Å². The lowest BCUT2D eigenvalue weighted by molar-refractivity contribution is -0.121. The molecular weight excluding hydrogens is 296 g/mol. The van der Waals surface area contributed by atoms with Crippen molar-refractivity contribution >= 4 is 34.6 Å². The number of aromatic nitrogens is 1. The van der Waals surface area contributed by atoms with E-state index in [1.165, 1.54) is 21.6 Å². The number of nitrogens with zero attached hydrogens (tertiary/aromatic N) is 1. The molecule has 0 spiro atoms. The number of hydrogen-bond donors (Lipinski definition) is 2. The summed E-state index contributed by atoms with van der Waals surface area (Å²) in [6.45, 7) is 0.287. The first-order valence-electron chi connectivity index (χ1n) is 6.12. The summed E-state index contributed by atoms with van der Waals surface area (Å²) >= 11 is 2.93. The van der Waals surface area contributed by atoms with Crippen LogP contribution >= 0.6 is 22.7 Å². The molecule has 2 aromatic heterocycles. The number of thiophene rings is 1. The van der Waals surface area contributed by atoms with Gasteiger partial charge in [0.05, 0.1) is 6.54 Å². The number of carbonyl (C=O) groups is 2. The van der Waals surface area contributed by atoms with Crippen LogP contribution in [-0.4, -0.2) is 22.0 Å². The number of aromatic carboxylic acids is 1. The minimum Gasteiger partial charge on any atom is -0.476 e. The van der Waals surface area contributed by atoms with E-state index in [0.717, 1.165) is 12.8 Å². The number of aryl methyl sites for hydroxylation is 1. The van der Waals surface area contributed by atoms with E-state index in [4.69, 9.17) is 5.11 Å². The van der Waals surface area contributed by atoms with Gasteiger partial charge < -0.3 is 10.4 Å². The van der Waals surface area contributed by atoms with E-state index in [2.05, 4.69) is 16.4 Å². The summed E-state index contributed by atoms with van der Waals surface area (Å²) in [7, 11) is 0. The monoisotopic (exact) mass is 310 g/mol. The van der Waals surface area contributed by atoms with Crippen LogP contribution in [-0.2, 0) is 17.8 Å².